The quantitative estimate of drug-likeness (QED) is 0.257. The van der Waals surface area contributed by atoms with Crippen molar-refractivity contribution in [2.45, 2.75) is 12.8 Å². The first-order chi connectivity index (χ1) is 20.5. The van der Waals surface area contributed by atoms with Gasteiger partial charge >= 0.3 is 0 Å². The average molecular weight is 569 g/mol. The van der Waals surface area contributed by atoms with Crippen molar-refractivity contribution in [2.24, 2.45) is 0 Å². The van der Waals surface area contributed by atoms with Crippen LogP contribution in [0.1, 0.15) is 54.3 Å². The average Bonchev–Trinajstić information content (AvgIpc) is 3.18. The zero-order valence-electron chi connectivity index (χ0n) is 23.3. The molecule has 0 radical (unpaired) electrons. The Morgan fingerprint density at radius 2 is 0.929 bits per heavy atom. The van der Waals surface area contributed by atoms with Crippen LogP contribution in [-0.4, -0.2) is 99.1 Å². The Bertz CT molecular complexity index is 1510. The van der Waals surface area contributed by atoms with Crippen molar-refractivity contribution in [3.63, 3.8) is 0 Å². The normalized spacial score (nSPS) is 17.7. The topological polar surface area (TPSA) is 99.7 Å². The number of anilines is 2. The molecule has 42 heavy (non-hydrogen) atoms. The molecule has 0 aliphatic carbocycles. The van der Waals surface area contributed by atoms with Gasteiger partial charge in [0.2, 0.25) is 0 Å². The Hall–Kier alpha value is -4.28. The number of fused-ring (bicyclic) bond motifs is 1. The summed E-state index contributed by atoms with van der Waals surface area (Å²) in [6.07, 6.45) is 2.29. The van der Waals surface area contributed by atoms with E-state index in [1.165, 1.54) is 9.80 Å². The molecule has 0 atom stereocenters. The van der Waals surface area contributed by atoms with Gasteiger partial charge in [-0.3, -0.25) is 29.0 Å². The number of rotatable bonds is 11. The van der Waals surface area contributed by atoms with Crippen molar-refractivity contribution in [1.29, 1.82) is 0 Å². The van der Waals surface area contributed by atoms with Gasteiger partial charge in [-0.15, -0.1) is 0 Å². The SMILES string of the molecule is O=C1c2ccccc2C(=O)N1CCOCCOCCN1C(=O)c2ccc(N3CCC3)c3c(N4CCC4)ccc(c23)C1=O. The van der Waals surface area contributed by atoms with E-state index in [2.05, 4.69) is 9.80 Å². The lowest BCUT2D eigenvalue weighted by Gasteiger charge is -2.39. The van der Waals surface area contributed by atoms with E-state index in [-0.39, 0.29) is 63.1 Å². The van der Waals surface area contributed by atoms with Gasteiger partial charge in [0.1, 0.15) is 0 Å². The maximum atomic E-state index is 13.5. The monoisotopic (exact) mass is 568 g/mol. The summed E-state index contributed by atoms with van der Waals surface area (Å²) < 4.78 is 11.2. The molecule has 10 heteroatoms. The fourth-order valence-corrected chi connectivity index (χ4v) is 6.12. The Kier molecular flexibility index (Phi) is 6.87. The molecular weight excluding hydrogens is 536 g/mol. The van der Waals surface area contributed by atoms with Gasteiger partial charge in [-0.2, -0.15) is 0 Å². The van der Waals surface area contributed by atoms with E-state index in [1.54, 1.807) is 24.3 Å². The second-order valence-corrected chi connectivity index (χ2v) is 11.0. The first-order valence-electron chi connectivity index (χ1n) is 14.6. The van der Waals surface area contributed by atoms with E-state index in [0.717, 1.165) is 61.2 Å². The minimum atomic E-state index is -0.308. The van der Waals surface area contributed by atoms with Crippen LogP contribution in [0.25, 0.3) is 10.8 Å². The molecule has 10 nitrogen and oxygen atoms in total. The van der Waals surface area contributed by atoms with Crippen LogP contribution in [0.5, 0.6) is 0 Å². The van der Waals surface area contributed by atoms with E-state index in [1.807, 2.05) is 24.3 Å². The highest BCUT2D eigenvalue weighted by molar-refractivity contribution is 6.28. The van der Waals surface area contributed by atoms with E-state index < -0.39 is 0 Å². The minimum Gasteiger partial charge on any atom is -0.377 e. The predicted octanol–water partition coefficient (Wildman–Crippen LogP) is 3.19. The van der Waals surface area contributed by atoms with Crippen LogP contribution >= 0.6 is 0 Å². The molecule has 2 fully saturated rings. The van der Waals surface area contributed by atoms with Gasteiger partial charge in [0.15, 0.2) is 0 Å². The van der Waals surface area contributed by atoms with Crippen LogP contribution in [0.3, 0.4) is 0 Å². The summed E-state index contributed by atoms with van der Waals surface area (Å²) in [6.45, 7) is 5.10. The van der Waals surface area contributed by atoms with E-state index in [0.29, 0.717) is 22.3 Å². The minimum absolute atomic E-state index is 0.134. The molecule has 2 saturated heterocycles. The Labute approximate surface area is 243 Å². The first kappa shape index (κ1) is 26.6. The van der Waals surface area contributed by atoms with Crippen LogP contribution in [0.2, 0.25) is 0 Å². The summed E-state index contributed by atoms with van der Waals surface area (Å²) >= 11 is 0. The van der Waals surface area contributed by atoms with Gasteiger partial charge in [0.25, 0.3) is 23.6 Å². The number of amides is 4. The molecule has 4 amide bonds. The number of hydrogen-bond donors (Lipinski definition) is 0. The van der Waals surface area contributed by atoms with Gasteiger partial charge < -0.3 is 19.3 Å². The third-order valence-corrected chi connectivity index (χ3v) is 8.63. The molecule has 0 N–H and O–H groups in total. The molecule has 7 rings (SSSR count). The fraction of sp³-hybridized carbons (Fsp3) is 0.375. The molecule has 3 aromatic rings. The second-order valence-electron chi connectivity index (χ2n) is 11.0. The lowest BCUT2D eigenvalue weighted by Crippen LogP contribution is -2.43. The molecule has 0 aromatic heterocycles. The maximum Gasteiger partial charge on any atom is 0.261 e. The van der Waals surface area contributed by atoms with Crippen LogP contribution < -0.4 is 9.80 Å². The van der Waals surface area contributed by atoms with E-state index >= 15 is 0 Å². The third-order valence-electron chi connectivity index (χ3n) is 8.63. The summed E-state index contributed by atoms with van der Waals surface area (Å²) in [5.74, 6) is -1.21. The maximum absolute atomic E-state index is 13.5. The third kappa shape index (κ3) is 4.33. The number of hydrogen-bond acceptors (Lipinski definition) is 8. The molecule has 0 spiro atoms. The summed E-state index contributed by atoms with van der Waals surface area (Å²) in [4.78, 5) is 59.1. The number of carbonyl (C=O) groups excluding carboxylic acids is 4. The van der Waals surface area contributed by atoms with Crippen molar-refractivity contribution < 1.29 is 28.7 Å². The van der Waals surface area contributed by atoms with E-state index in [9.17, 15) is 19.2 Å². The second kappa shape index (κ2) is 10.8. The van der Waals surface area contributed by atoms with Crippen LogP contribution in [0, 0.1) is 0 Å². The van der Waals surface area contributed by atoms with Crippen molar-refractivity contribution in [2.75, 3.05) is 75.5 Å². The first-order valence-corrected chi connectivity index (χ1v) is 14.6. The van der Waals surface area contributed by atoms with Gasteiger partial charge in [-0.25, -0.2) is 0 Å². The molecule has 0 bridgehead atoms. The number of carbonyl (C=O) groups is 4. The van der Waals surface area contributed by atoms with E-state index in [4.69, 9.17) is 9.47 Å². The predicted molar refractivity (Wildman–Crippen MR) is 156 cm³/mol. The van der Waals surface area contributed by atoms with Crippen LogP contribution in [0.4, 0.5) is 11.4 Å². The number of imide groups is 2. The van der Waals surface area contributed by atoms with Crippen molar-refractivity contribution in [3.05, 3.63) is 70.8 Å². The number of ether oxygens (including phenoxy) is 2. The van der Waals surface area contributed by atoms with Gasteiger partial charge in [-0.1, -0.05) is 12.1 Å². The fourth-order valence-electron chi connectivity index (χ4n) is 6.12. The largest absolute Gasteiger partial charge is 0.377 e. The standard InChI is InChI=1S/C32H32N4O6/c37-29-21-5-1-2-6-22(21)30(38)35(29)15-17-41-19-20-42-18-16-36-31(39)23-7-9-25(33-11-3-12-33)28-26(34-13-4-14-34)10-8-24(27(23)28)32(36)40/h1-2,5-10H,3-4,11-20H2. The number of benzene rings is 3. The zero-order valence-corrected chi connectivity index (χ0v) is 23.3. The highest BCUT2D eigenvalue weighted by Gasteiger charge is 2.36. The molecule has 0 saturated carbocycles. The molecule has 4 aliphatic heterocycles. The van der Waals surface area contributed by atoms with Gasteiger partial charge in [0, 0.05) is 59.5 Å². The summed E-state index contributed by atoms with van der Waals surface area (Å²) in [5, 5.41) is 1.78. The van der Waals surface area contributed by atoms with Gasteiger partial charge in [-0.05, 0) is 49.2 Å². The molecule has 216 valence electrons. The Morgan fingerprint density at radius 3 is 1.33 bits per heavy atom. The lowest BCUT2D eigenvalue weighted by molar-refractivity contribution is 0.0274. The highest BCUT2D eigenvalue weighted by Crippen LogP contribution is 2.43. The molecular formula is C32H32N4O6. The van der Waals surface area contributed by atoms with Crippen molar-refractivity contribution >= 4 is 45.8 Å². The summed E-state index contributed by atoms with van der Waals surface area (Å²) in [5.41, 5.74) is 4.15. The van der Waals surface area contributed by atoms with Crippen LogP contribution in [-0.2, 0) is 9.47 Å². The Balaban J connectivity index is 0.943. The summed E-state index contributed by atoms with van der Waals surface area (Å²) in [7, 11) is 0. The molecule has 4 aliphatic rings. The molecule has 4 heterocycles. The summed E-state index contributed by atoms with van der Waals surface area (Å²) in [6, 6.07) is 14.6. The number of nitrogens with zero attached hydrogens (tertiary/aromatic N) is 4. The zero-order chi connectivity index (χ0) is 28.8. The molecule has 3 aromatic carbocycles. The van der Waals surface area contributed by atoms with Crippen LogP contribution in [0.15, 0.2) is 48.5 Å². The molecule has 0 unspecified atom stereocenters. The highest BCUT2D eigenvalue weighted by atomic mass is 16.5. The lowest BCUT2D eigenvalue weighted by atomic mass is 9.90. The smallest absolute Gasteiger partial charge is 0.261 e. The van der Waals surface area contributed by atoms with Crippen molar-refractivity contribution in [3.8, 4) is 0 Å². The Morgan fingerprint density at radius 1 is 0.500 bits per heavy atom. The van der Waals surface area contributed by atoms with Crippen molar-refractivity contribution in [1.82, 2.24) is 9.80 Å². The van der Waals surface area contributed by atoms with Gasteiger partial charge in [0.05, 0.1) is 50.6 Å².